The zero-order valence-corrected chi connectivity index (χ0v) is 13.3. The van der Waals surface area contributed by atoms with Crippen LogP contribution < -0.4 is 5.30 Å². The fraction of sp³-hybridized carbons (Fsp3) is 0.538. The summed E-state index contributed by atoms with van der Waals surface area (Å²) >= 11 is -1.78. The normalized spacial score (nSPS) is 25.8. The van der Waals surface area contributed by atoms with E-state index in [9.17, 15) is 0 Å². The summed E-state index contributed by atoms with van der Waals surface area (Å²) in [5.41, 5.74) is 0. The summed E-state index contributed by atoms with van der Waals surface area (Å²) in [6.45, 7) is 1.01. The average Bonchev–Trinajstić information content (AvgIpc) is 2.25. The van der Waals surface area contributed by atoms with Gasteiger partial charge in [-0.1, -0.05) is 0 Å². The van der Waals surface area contributed by atoms with E-state index in [1.165, 1.54) is 24.0 Å². The quantitative estimate of drug-likeness (QED) is 0.570. The van der Waals surface area contributed by atoms with Crippen LogP contribution in [-0.4, -0.2) is 32.5 Å². The van der Waals surface area contributed by atoms with Gasteiger partial charge in [-0.3, -0.25) is 0 Å². The molecule has 0 N–H and O–H groups in total. The maximum absolute atomic E-state index is 6.13. The van der Waals surface area contributed by atoms with Crippen LogP contribution in [0.3, 0.4) is 0 Å². The molecule has 1 aromatic carbocycles. The molecule has 1 unspecified atom stereocenters. The topological polar surface area (TPSA) is 9.23 Å². The van der Waals surface area contributed by atoms with Gasteiger partial charge >= 0.3 is 103 Å². The van der Waals surface area contributed by atoms with Crippen molar-refractivity contribution in [1.29, 1.82) is 0 Å². The molecule has 0 spiro atoms. The second-order valence-corrected chi connectivity index (χ2v) is 16.6. The molecule has 0 saturated carbocycles. The van der Waals surface area contributed by atoms with Gasteiger partial charge in [-0.2, -0.15) is 0 Å². The number of hydrogen-bond donors (Lipinski definition) is 0. The van der Waals surface area contributed by atoms with Gasteiger partial charge in [0.15, 0.2) is 0 Å². The van der Waals surface area contributed by atoms with Gasteiger partial charge < -0.3 is 0 Å². The molecule has 0 radical (unpaired) electrons. The molecule has 1 atom stereocenters. The van der Waals surface area contributed by atoms with E-state index in [4.69, 9.17) is 3.76 Å². The van der Waals surface area contributed by atoms with E-state index in [0.29, 0.717) is 0 Å². The van der Waals surface area contributed by atoms with Gasteiger partial charge in [0, 0.05) is 0 Å². The van der Waals surface area contributed by atoms with E-state index in [1.807, 2.05) is 0 Å². The van der Waals surface area contributed by atoms with Gasteiger partial charge in [0.05, 0.1) is 0 Å². The number of hydrogen-bond acceptors (Lipinski definition) is 1. The van der Waals surface area contributed by atoms with Crippen molar-refractivity contribution in [3.05, 3.63) is 30.3 Å². The van der Waals surface area contributed by atoms with Crippen LogP contribution in [0.1, 0.15) is 6.42 Å². The fourth-order valence-electron chi connectivity index (χ4n) is 2.21. The van der Waals surface area contributed by atoms with Crippen LogP contribution in [0, 0.1) is 0 Å². The molecular weight excluding hydrogens is 276 g/mol. The molecule has 1 aromatic rings. The molecule has 1 nitrogen and oxygen atoms in total. The SMILES string of the molecule is [CH3][Ge]1([CH3])[CH2]CCP(c2ccccc2)CC[O]1. The Morgan fingerprint density at radius 3 is 2.62 bits per heavy atom. The van der Waals surface area contributed by atoms with Crippen LogP contribution in [0.25, 0.3) is 0 Å². The zero-order chi connectivity index (χ0) is 11.4. The summed E-state index contributed by atoms with van der Waals surface area (Å²) in [5.74, 6) is 4.80. The average molecular weight is 297 g/mol. The Labute approximate surface area is 103 Å². The monoisotopic (exact) mass is 298 g/mol. The second-order valence-electron chi connectivity index (χ2n) is 5.03. The molecule has 88 valence electrons. The van der Waals surface area contributed by atoms with Crippen molar-refractivity contribution in [2.24, 2.45) is 0 Å². The Bertz CT molecular complexity index is 314. The molecule has 0 aliphatic carbocycles. The molecule has 1 fully saturated rings. The number of benzene rings is 1. The summed E-state index contributed by atoms with van der Waals surface area (Å²) in [6, 6.07) is 11.0. The third kappa shape index (κ3) is 3.58. The van der Waals surface area contributed by atoms with Crippen molar-refractivity contribution in [3.8, 4) is 0 Å². The molecule has 2 rings (SSSR count). The molecule has 1 heterocycles. The van der Waals surface area contributed by atoms with Crippen molar-refractivity contribution in [2.75, 3.05) is 18.9 Å². The Balaban J connectivity index is 1.99. The molecule has 1 aliphatic rings. The van der Waals surface area contributed by atoms with Gasteiger partial charge in [-0.15, -0.1) is 0 Å². The Hall–Kier alpha value is 0.153. The van der Waals surface area contributed by atoms with E-state index < -0.39 is 13.6 Å². The van der Waals surface area contributed by atoms with Gasteiger partial charge in [0.2, 0.25) is 0 Å². The fourth-order valence-corrected chi connectivity index (χ4v) is 9.21. The van der Waals surface area contributed by atoms with Crippen LogP contribution in [-0.2, 0) is 3.76 Å². The predicted octanol–water partition coefficient (Wildman–Crippen LogP) is 3.42. The first-order valence-corrected chi connectivity index (χ1v) is 14.4. The van der Waals surface area contributed by atoms with Crippen molar-refractivity contribution in [2.45, 2.75) is 23.2 Å². The minimum atomic E-state index is -1.78. The summed E-state index contributed by atoms with van der Waals surface area (Å²) in [7, 11) is 0.0531. The molecule has 16 heavy (non-hydrogen) atoms. The zero-order valence-electron chi connectivity index (χ0n) is 10.3. The van der Waals surface area contributed by atoms with Gasteiger partial charge in [-0.05, 0) is 0 Å². The molecule has 0 aromatic heterocycles. The minimum absolute atomic E-state index is 0.0531. The molecule has 0 amide bonds. The van der Waals surface area contributed by atoms with Crippen molar-refractivity contribution in [1.82, 2.24) is 0 Å². The van der Waals surface area contributed by atoms with E-state index in [1.54, 1.807) is 5.30 Å². The summed E-state index contributed by atoms with van der Waals surface area (Å²) in [6.07, 6.45) is 4.07. The van der Waals surface area contributed by atoms with Gasteiger partial charge in [0.1, 0.15) is 0 Å². The summed E-state index contributed by atoms with van der Waals surface area (Å²) in [5, 5.41) is 2.94. The summed E-state index contributed by atoms with van der Waals surface area (Å²) in [4.78, 5) is 0. The third-order valence-electron chi connectivity index (χ3n) is 3.18. The Morgan fingerprint density at radius 2 is 1.88 bits per heavy atom. The molecule has 3 heteroatoms. The first-order valence-electron chi connectivity index (χ1n) is 6.11. The molecular formula is C13H21GeOP. The van der Waals surface area contributed by atoms with E-state index in [2.05, 4.69) is 41.8 Å². The predicted molar refractivity (Wildman–Crippen MR) is 75.6 cm³/mol. The standard InChI is InChI=1S/C13H21GeOP/c1-14(2)9-6-11-16(12-10-15-14)13-7-4-3-5-8-13/h3-5,7-8H,6,9-12H2,1-2H3. The van der Waals surface area contributed by atoms with Gasteiger partial charge in [0.25, 0.3) is 0 Å². The summed E-state index contributed by atoms with van der Waals surface area (Å²) < 4.78 is 6.13. The van der Waals surface area contributed by atoms with Crippen LogP contribution >= 0.6 is 7.92 Å². The molecule has 1 aliphatic heterocycles. The van der Waals surface area contributed by atoms with Crippen molar-refractivity contribution < 1.29 is 3.76 Å². The first-order chi connectivity index (χ1) is 7.67. The third-order valence-corrected chi connectivity index (χ3v) is 11.1. The first kappa shape index (κ1) is 12.6. The van der Waals surface area contributed by atoms with Gasteiger partial charge in [-0.25, -0.2) is 0 Å². The Kier molecular flexibility index (Phi) is 4.46. The van der Waals surface area contributed by atoms with Crippen molar-refractivity contribution >= 4 is 26.8 Å². The maximum atomic E-state index is 6.13. The van der Waals surface area contributed by atoms with E-state index in [-0.39, 0.29) is 7.92 Å². The van der Waals surface area contributed by atoms with Crippen LogP contribution in [0.4, 0.5) is 0 Å². The van der Waals surface area contributed by atoms with Crippen LogP contribution in [0.2, 0.25) is 16.8 Å². The van der Waals surface area contributed by atoms with Crippen LogP contribution in [0.15, 0.2) is 30.3 Å². The molecule has 0 bridgehead atoms. The van der Waals surface area contributed by atoms with Crippen molar-refractivity contribution in [3.63, 3.8) is 0 Å². The second kappa shape index (κ2) is 5.66. The number of rotatable bonds is 1. The van der Waals surface area contributed by atoms with E-state index in [0.717, 1.165) is 6.61 Å². The Morgan fingerprint density at radius 1 is 1.12 bits per heavy atom. The van der Waals surface area contributed by atoms with E-state index >= 15 is 0 Å². The van der Waals surface area contributed by atoms with Crippen LogP contribution in [0.5, 0.6) is 0 Å². The molecule has 1 saturated heterocycles.